The standard InChI is InChI=1S/C8H8.H3N.H3O4P/c1-2-8-6-4-3-5-7-8;;1-5(2,3)4/h2-7H,1H2;1H3;(H3,1,2,3,4). The molecule has 1 aromatic rings. The van der Waals surface area contributed by atoms with Gasteiger partial charge in [-0.15, -0.1) is 0 Å². The van der Waals surface area contributed by atoms with E-state index in [0.717, 1.165) is 0 Å². The summed E-state index contributed by atoms with van der Waals surface area (Å²) in [5.41, 5.74) is 1.17. The Morgan fingerprint density at radius 1 is 1.14 bits per heavy atom. The molecule has 0 aliphatic heterocycles. The SMILES string of the molecule is C=Cc1ccccc1.N.O=P(O)(O)O. The zero-order valence-electron chi connectivity index (χ0n) is 7.58. The first-order valence-corrected chi connectivity index (χ1v) is 4.96. The third kappa shape index (κ3) is 13.6. The zero-order chi connectivity index (χ0) is 10.3. The highest BCUT2D eigenvalue weighted by Crippen LogP contribution is 2.25. The molecule has 0 saturated heterocycles. The molecular weight excluding hydrogens is 205 g/mol. The van der Waals surface area contributed by atoms with Crippen LogP contribution in [0.2, 0.25) is 0 Å². The molecule has 14 heavy (non-hydrogen) atoms. The van der Waals surface area contributed by atoms with E-state index in [1.165, 1.54) is 5.56 Å². The van der Waals surface area contributed by atoms with Crippen molar-refractivity contribution in [3.05, 3.63) is 42.5 Å². The maximum atomic E-state index is 8.88. The molecule has 0 aliphatic rings. The van der Waals surface area contributed by atoms with Gasteiger partial charge in [-0.1, -0.05) is 43.0 Å². The second-order valence-electron chi connectivity index (χ2n) is 2.13. The summed E-state index contributed by atoms with van der Waals surface area (Å²) in [5, 5.41) is 0. The van der Waals surface area contributed by atoms with Gasteiger partial charge in [-0.05, 0) is 5.56 Å². The van der Waals surface area contributed by atoms with Crippen molar-refractivity contribution in [3.8, 4) is 0 Å². The van der Waals surface area contributed by atoms with Crippen molar-refractivity contribution in [3.63, 3.8) is 0 Å². The lowest BCUT2D eigenvalue weighted by Gasteiger charge is -1.85. The fourth-order valence-corrected chi connectivity index (χ4v) is 0.589. The topological polar surface area (TPSA) is 113 Å². The average Bonchev–Trinajstić information content (AvgIpc) is 2.03. The Kier molecular flexibility index (Phi) is 8.23. The van der Waals surface area contributed by atoms with E-state index in [1.54, 1.807) is 0 Å². The quantitative estimate of drug-likeness (QED) is 0.535. The first-order chi connectivity index (χ1) is 5.93. The number of rotatable bonds is 1. The van der Waals surface area contributed by atoms with Crippen molar-refractivity contribution in [2.24, 2.45) is 0 Å². The lowest BCUT2D eigenvalue weighted by molar-refractivity contribution is 0.275. The molecule has 0 bridgehead atoms. The maximum absolute atomic E-state index is 8.88. The van der Waals surface area contributed by atoms with Crippen LogP contribution in [0.5, 0.6) is 0 Å². The van der Waals surface area contributed by atoms with Gasteiger partial charge in [-0.2, -0.15) is 0 Å². The Bertz CT molecular complexity index is 287. The van der Waals surface area contributed by atoms with Gasteiger partial charge in [0.25, 0.3) is 0 Å². The first kappa shape index (κ1) is 15.5. The summed E-state index contributed by atoms with van der Waals surface area (Å²) in [6.07, 6.45) is 1.83. The van der Waals surface area contributed by atoms with E-state index in [9.17, 15) is 0 Å². The van der Waals surface area contributed by atoms with Crippen LogP contribution in [-0.4, -0.2) is 14.7 Å². The molecule has 0 saturated carbocycles. The lowest BCUT2D eigenvalue weighted by atomic mass is 10.2. The fourth-order valence-electron chi connectivity index (χ4n) is 0.589. The molecule has 0 atom stereocenters. The van der Waals surface area contributed by atoms with Crippen LogP contribution < -0.4 is 6.15 Å². The van der Waals surface area contributed by atoms with Gasteiger partial charge in [0.15, 0.2) is 0 Å². The van der Waals surface area contributed by atoms with Gasteiger partial charge in [0.1, 0.15) is 0 Å². The van der Waals surface area contributed by atoms with Gasteiger partial charge in [-0.3, -0.25) is 0 Å². The summed E-state index contributed by atoms with van der Waals surface area (Å²) >= 11 is 0. The third-order valence-corrected chi connectivity index (χ3v) is 1.04. The van der Waals surface area contributed by atoms with Crippen LogP contribution in [0.15, 0.2) is 36.9 Å². The minimum absolute atomic E-state index is 0. The molecule has 80 valence electrons. The van der Waals surface area contributed by atoms with Crippen LogP contribution in [-0.2, 0) is 4.57 Å². The van der Waals surface area contributed by atoms with E-state index in [0.29, 0.717) is 0 Å². The van der Waals surface area contributed by atoms with Crippen molar-refractivity contribution >= 4 is 13.9 Å². The molecule has 0 heterocycles. The number of benzene rings is 1. The summed E-state index contributed by atoms with van der Waals surface area (Å²) in [4.78, 5) is 21.6. The molecule has 6 N–H and O–H groups in total. The first-order valence-electron chi connectivity index (χ1n) is 3.39. The molecule has 0 aliphatic carbocycles. The number of phosphoric acid groups is 1. The third-order valence-electron chi connectivity index (χ3n) is 1.04. The molecular formula is C8H14NO4P. The van der Waals surface area contributed by atoms with E-state index >= 15 is 0 Å². The molecule has 0 unspecified atom stereocenters. The van der Waals surface area contributed by atoms with Crippen LogP contribution in [0.4, 0.5) is 0 Å². The summed E-state index contributed by atoms with van der Waals surface area (Å²) in [7, 11) is -4.64. The van der Waals surface area contributed by atoms with Crippen LogP contribution in [0.1, 0.15) is 5.56 Å². The Balaban J connectivity index is 0. The number of hydrogen-bond acceptors (Lipinski definition) is 2. The van der Waals surface area contributed by atoms with Gasteiger partial charge in [0, 0.05) is 0 Å². The lowest BCUT2D eigenvalue weighted by Crippen LogP contribution is -1.66. The molecule has 6 heteroatoms. The monoisotopic (exact) mass is 219 g/mol. The molecule has 0 fully saturated rings. The van der Waals surface area contributed by atoms with Gasteiger partial charge in [0.05, 0.1) is 0 Å². The Hall–Kier alpha value is -0.970. The van der Waals surface area contributed by atoms with Crippen molar-refractivity contribution in [1.82, 2.24) is 6.15 Å². The van der Waals surface area contributed by atoms with Gasteiger partial charge in [0.2, 0.25) is 0 Å². The van der Waals surface area contributed by atoms with Crippen LogP contribution >= 0.6 is 7.82 Å². The summed E-state index contributed by atoms with van der Waals surface area (Å²) in [6, 6.07) is 10.0. The highest BCUT2D eigenvalue weighted by atomic mass is 31.2. The fraction of sp³-hybridized carbons (Fsp3) is 0. The summed E-state index contributed by atoms with van der Waals surface area (Å²) in [5.74, 6) is 0. The van der Waals surface area contributed by atoms with Crippen LogP contribution in [0, 0.1) is 0 Å². The maximum Gasteiger partial charge on any atom is 0.466 e. The second-order valence-corrected chi connectivity index (χ2v) is 3.15. The Morgan fingerprint density at radius 3 is 1.71 bits per heavy atom. The minimum atomic E-state index is -4.64. The normalized spacial score (nSPS) is 9.07. The Labute approximate surface area is 82.5 Å². The predicted molar refractivity (Wildman–Crippen MR) is 55.8 cm³/mol. The smallest absolute Gasteiger partial charge is 0.344 e. The molecule has 1 aromatic carbocycles. The van der Waals surface area contributed by atoms with E-state index < -0.39 is 7.82 Å². The minimum Gasteiger partial charge on any atom is -0.344 e. The molecule has 0 amide bonds. The molecule has 0 spiro atoms. The predicted octanol–water partition coefficient (Wildman–Crippen LogP) is 1.56. The molecule has 5 nitrogen and oxygen atoms in total. The Morgan fingerprint density at radius 2 is 1.50 bits per heavy atom. The van der Waals surface area contributed by atoms with Crippen molar-refractivity contribution in [2.75, 3.05) is 0 Å². The van der Waals surface area contributed by atoms with E-state index in [4.69, 9.17) is 19.2 Å². The highest BCUT2D eigenvalue weighted by molar-refractivity contribution is 7.45. The van der Waals surface area contributed by atoms with Gasteiger partial charge in [-0.25, -0.2) is 4.57 Å². The van der Waals surface area contributed by atoms with Crippen molar-refractivity contribution < 1.29 is 19.2 Å². The largest absolute Gasteiger partial charge is 0.466 e. The summed E-state index contributed by atoms with van der Waals surface area (Å²) in [6.45, 7) is 3.63. The molecule has 0 aromatic heterocycles. The van der Waals surface area contributed by atoms with Gasteiger partial charge >= 0.3 is 7.82 Å². The van der Waals surface area contributed by atoms with E-state index in [1.807, 2.05) is 36.4 Å². The average molecular weight is 219 g/mol. The van der Waals surface area contributed by atoms with Crippen LogP contribution in [0.3, 0.4) is 0 Å². The number of hydrogen-bond donors (Lipinski definition) is 4. The van der Waals surface area contributed by atoms with Gasteiger partial charge < -0.3 is 20.8 Å². The molecule has 1 rings (SSSR count). The second kappa shape index (κ2) is 7.44. The van der Waals surface area contributed by atoms with E-state index in [2.05, 4.69) is 6.58 Å². The highest BCUT2D eigenvalue weighted by Gasteiger charge is 2.00. The summed E-state index contributed by atoms with van der Waals surface area (Å²) < 4.78 is 8.88. The van der Waals surface area contributed by atoms with Crippen molar-refractivity contribution in [1.29, 1.82) is 0 Å². The van der Waals surface area contributed by atoms with Crippen LogP contribution in [0.25, 0.3) is 6.08 Å². The zero-order valence-corrected chi connectivity index (χ0v) is 8.47. The molecule has 0 radical (unpaired) electrons. The van der Waals surface area contributed by atoms with Crippen molar-refractivity contribution in [2.45, 2.75) is 0 Å². The van der Waals surface area contributed by atoms with E-state index in [-0.39, 0.29) is 6.15 Å².